The van der Waals surface area contributed by atoms with E-state index in [2.05, 4.69) is 0 Å². The maximum Gasteiger partial charge on any atom is 0.338 e. The summed E-state index contributed by atoms with van der Waals surface area (Å²) in [6.07, 6.45) is -1.13. The zero-order valence-corrected chi connectivity index (χ0v) is 13.3. The molecule has 3 rings (SSSR count). The molecule has 5 atom stereocenters. The highest BCUT2D eigenvalue weighted by molar-refractivity contribution is 5.89. The Bertz CT molecular complexity index is 541. The topological polar surface area (TPSA) is 54.0 Å². The van der Waals surface area contributed by atoms with Gasteiger partial charge in [0, 0.05) is 5.92 Å². The van der Waals surface area contributed by atoms with Gasteiger partial charge in [0.1, 0.15) is 18.3 Å². The lowest BCUT2D eigenvalue weighted by Gasteiger charge is -2.27. The molecule has 120 valence electrons. The number of hydrogen-bond acceptors (Lipinski definition) is 5. The molecule has 0 amide bonds. The van der Waals surface area contributed by atoms with Crippen molar-refractivity contribution in [3.05, 3.63) is 35.9 Å². The van der Waals surface area contributed by atoms with Crippen LogP contribution in [0.1, 0.15) is 38.1 Å². The molecule has 0 N–H and O–H groups in total. The third-order valence-electron chi connectivity index (χ3n) is 4.18. The highest BCUT2D eigenvalue weighted by Gasteiger charge is 2.54. The van der Waals surface area contributed by atoms with Gasteiger partial charge in [-0.05, 0) is 32.9 Å². The molecule has 1 aromatic rings. The molecular formula is C17H22O5. The van der Waals surface area contributed by atoms with Gasteiger partial charge in [0.2, 0.25) is 0 Å². The van der Waals surface area contributed by atoms with E-state index < -0.39 is 12.1 Å². The number of hydrogen-bond donors (Lipinski definition) is 0. The molecule has 1 unspecified atom stereocenters. The molecular weight excluding hydrogens is 284 g/mol. The average molecular weight is 306 g/mol. The smallest absolute Gasteiger partial charge is 0.338 e. The van der Waals surface area contributed by atoms with Crippen LogP contribution in [-0.4, -0.2) is 36.4 Å². The number of carbonyl (C=O) groups is 1. The Labute approximate surface area is 130 Å². The molecule has 0 bridgehead atoms. The Morgan fingerprint density at radius 1 is 1.23 bits per heavy atom. The van der Waals surface area contributed by atoms with Crippen LogP contribution >= 0.6 is 0 Å². The minimum atomic E-state index is -0.626. The van der Waals surface area contributed by atoms with Gasteiger partial charge in [-0.25, -0.2) is 4.79 Å². The van der Waals surface area contributed by atoms with Gasteiger partial charge in [-0.3, -0.25) is 0 Å². The summed E-state index contributed by atoms with van der Waals surface area (Å²) in [6, 6.07) is 8.95. The Kier molecular flexibility index (Phi) is 3.97. The van der Waals surface area contributed by atoms with Crippen LogP contribution in [0.5, 0.6) is 0 Å². The van der Waals surface area contributed by atoms with Crippen molar-refractivity contribution in [3.63, 3.8) is 0 Å². The Balaban J connectivity index is 1.62. The molecule has 2 aliphatic heterocycles. The Hall–Kier alpha value is -1.43. The summed E-state index contributed by atoms with van der Waals surface area (Å²) in [4.78, 5) is 12.1. The summed E-state index contributed by atoms with van der Waals surface area (Å²) in [7, 11) is 0. The van der Waals surface area contributed by atoms with Crippen molar-refractivity contribution in [2.75, 3.05) is 0 Å². The summed E-state index contributed by atoms with van der Waals surface area (Å²) in [6.45, 7) is 7.62. The van der Waals surface area contributed by atoms with Crippen LogP contribution in [0, 0.1) is 5.92 Å². The van der Waals surface area contributed by atoms with Crippen LogP contribution in [-0.2, 0) is 18.9 Å². The summed E-state index contributed by atoms with van der Waals surface area (Å²) < 4.78 is 23.0. The van der Waals surface area contributed by atoms with E-state index in [1.165, 1.54) is 0 Å². The highest BCUT2D eigenvalue weighted by Crippen LogP contribution is 2.41. The van der Waals surface area contributed by atoms with Crippen molar-refractivity contribution in [2.24, 2.45) is 5.92 Å². The summed E-state index contributed by atoms with van der Waals surface area (Å²) in [5.41, 5.74) is 0.536. The first-order valence-electron chi connectivity index (χ1n) is 7.64. The fraction of sp³-hybridized carbons (Fsp3) is 0.588. The lowest BCUT2D eigenvalue weighted by Crippen LogP contribution is -2.36. The SMILES string of the molecule is CC(OC(=O)c1ccccc1)[C@H]1O[C@@H]2OC(C)(C)O[C@@H]2[C@@H]1C. The van der Waals surface area contributed by atoms with Crippen LogP contribution in [0.25, 0.3) is 0 Å². The molecule has 2 saturated heterocycles. The molecule has 5 nitrogen and oxygen atoms in total. The maximum atomic E-state index is 12.1. The standard InChI is InChI=1S/C17H22O5/c1-10-13(20-16-14(10)21-17(3,4)22-16)11(2)19-15(18)12-8-6-5-7-9-12/h5-11,13-14,16H,1-4H3/t10-,11?,13+,14-,16-/m1/s1. The number of benzene rings is 1. The van der Waals surface area contributed by atoms with Crippen molar-refractivity contribution in [2.45, 2.75) is 58.1 Å². The van der Waals surface area contributed by atoms with E-state index in [1.54, 1.807) is 12.1 Å². The fourth-order valence-electron chi connectivity index (χ4n) is 3.10. The van der Waals surface area contributed by atoms with Crippen molar-refractivity contribution in [3.8, 4) is 0 Å². The molecule has 0 spiro atoms. The van der Waals surface area contributed by atoms with Crippen LogP contribution in [0.15, 0.2) is 30.3 Å². The predicted octanol–water partition coefficient (Wildman–Crippen LogP) is 2.74. The van der Waals surface area contributed by atoms with Gasteiger partial charge in [-0.15, -0.1) is 0 Å². The summed E-state index contributed by atoms with van der Waals surface area (Å²) in [5, 5.41) is 0. The Morgan fingerprint density at radius 3 is 2.55 bits per heavy atom. The van der Waals surface area contributed by atoms with Crippen LogP contribution in [0.3, 0.4) is 0 Å². The van der Waals surface area contributed by atoms with E-state index in [4.69, 9.17) is 18.9 Å². The molecule has 22 heavy (non-hydrogen) atoms. The second kappa shape index (κ2) is 5.65. The fourth-order valence-corrected chi connectivity index (χ4v) is 3.10. The van der Waals surface area contributed by atoms with E-state index in [0.29, 0.717) is 5.56 Å². The molecule has 5 heteroatoms. The number of rotatable bonds is 3. The van der Waals surface area contributed by atoms with Gasteiger partial charge < -0.3 is 18.9 Å². The van der Waals surface area contributed by atoms with E-state index in [9.17, 15) is 4.79 Å². The normalized spacial score (nSPS) is 34.2. The molecule has 2 aliphatic rings. The first kappa shape index (κ1) is 15.5. The van der Waals surface area contributed by atoms with Crippen LogP contribution in [0.2, 0.25) is 0 Å². The van der Waals surface area contributed by atoms with Crippen molar-refractivity contribution < 1.29 is 23.7 Å². The highest BCUT2D eigenvalue weighted by atomic mass is 16.8. The first-order chi connectivity index (χ1) is 10.4. The van der Waals surface area contributed by atoms with E-state index in [-0.39, 0.29) is 30.2 Å². The predicted molar refractivity (Wildman–Crippen MR) is 79.2 cm³/mol. The Morgan fingerprint density at radius 2 is 1.91 bits per heavy atom. The molecule has 0 radical (unpaired) electrons. The molecule has 2 heterocycles. The number of fused-ring (bicyclic) bond motifs is 1. The summed E-state index contributed by atoms with van der Waals surface area (Å²) >= 11 is 0. The number of carbonyl (C=O) groups excluding carboxylic acids is 1. The third kappa shape index (κ3) is 2.89. The zero-order chi connectivity index (χ0) is 15.9. The molecule has 2 fully saturated rings. The molecule has 0 aromatic heterocycles. The monoisotopic (exact) mass is 306 g/mol. The quantitative estimate of drug-likeness (QED) is 0.804. The number of esters is 1. The minimum absolute atomic E-state index is 0.0883. The third-order valence-corrected chi connectivity index (χ3v) is 4.18. The molecule has 1 aromatic carbocycles. The van der Waals surface area contributed by atoms with E-state index in [1.807, 2.05) is 45.9 Å². The van der Waals surface area contributed by atoms with Crippen molar-refractivity contribution in [1.29, 1.82) is 0 Å². The van der Waals surface area contributed by atoms with E-state index in [0.717, 1.165) is 0 Å². The average Bonchev–Trinajstić information content (AvgIpc) is 2.93. The number of ether oxygens (including phenoxy) is 4. The van der Waals surface area contributed by atoms with Crippen molar-refractivity contribution in [1.82, 2.24) is 0 Å². The minimum Gasteiger partial charge on any atom is -0.456 e. The van der Waals surface area contributed by atoms with Crippen molar-refractivity contribution >= 4 is 5.97 Å². The van der Waals surface area contributed by atoms with Gasteiger partial charge in [0.25, 0.3) is 0 Å². The van der Waals surface area contributed by atoms with Gasteiger partial charge in [-0.2, -0.15) is 0 Å². The van der Waals surface area contributed by atoms with Crippen LogP contribution in [0.4, 0.5) is 0 Å². The lowest BCUT2D eigenvalue weighted by molar-refractivity contribution is -0.218. The molecule has 0 aliphatic carbocycles. The van der Waals surface area contributed by atoms with Gasteiger partial charge in [-0.1, -0.05) is 25.1 Å². The zero-order valence-electron chi connectivity index (χ0n) is 13.3. The summed E-state index contributed by atoms with van der Waals surface area (Å²) in [5.74, 6) is -0.883. The second-order valence-corrected chi connectivity index (χ2v) is 6.40. The van der Waals surface area contributed by atoms with E-state index >= 15 is 0 Å². The molecule has 0 saturated carbocycles. The van der Waals surface area contributed by atoms with Gasteiger partial charge in [0.05, 0.1) is 5.56 Å². The van der Waals surface area contributed by atoms with Gasteiger partial charge >= 0.3 is 5.97 Å². The second-order valence-electron chi connectivity index (χ2n) is 6.40. The van der Waals surface area contributed by atoms with Crippen LogP contribution < -0.4 is 0 Å². The van der Waals surface area contributed by atoms with Gasteiger partial charge in [0.15, 0.2) is 12.1 Å². The largest absolute Gasteiger partial charge is 0.456 e. The maximum absolute atomic E-state index is 12.1. The lowest BCUT2D eigenvalue weighted by atomic mass is 9.97. The first-order valence-corrected chi connectivity index (χ1v) is 7.64.